The molecule has 3 rings (SSSR count). The molecule has 0 unspecified atom stereocenters. The van der Waals surface area contributed by atoms with Gasteiger partial charge in [0.05, 0.1) is 12.1 Å². The summed E-state index contributed by atoms with van der Waals surface area (Å²) in [4.78, 5) is 2.37. The molecule has 0 spiro atoms. The van der Waals surface area contributed by atoms with Crippen molar-refractivity contribution in [2.75, 3.05) is 13.1 Å². The summed E-state index contributed by atoms with van der Waals surface area (Å²) >= 11 is 0. The van der Waals surface area contributed by atoms with E-state index in [4.69, 9.17) is 9.47 Å². The molecule has 0 amide bonds. The van der Waals surface area contributed by atoms with E-state index in [1.54, 1.807) is 0 Å². The van der Waals surface area contributed by atoms with Gasteiger partial charge in [-0.3, -0.25) is 4.90 Å². The highest BCUT2D eigenvalue weighted by Gasteiger charge is 2.56. The van der Waals surface area contributed by atoms with E-state index in [9.17, 15) is 5.11 Å². The van der Waals surface area contributed by atoms with Gasteiger partial charge in [-0.1, -0.05) is 13.3 Å². The number of aliphatic hydroxyl groups is 1. The van der Waals surface area contributed by atoms with Crippen LogP contribution in [0.3, 0.4) is 0 Å². The molecule has 0 saturated carbocycles. The first-order chi connectivity index (χ1) is 8.00. The second kappa shape index (κ2) is 3.92. The molecule has 0 aliphatic carbocycles. The monoisotopic (exact) mass is 241 g/mol. The Hall–Kier alpha value is -0.160. The summed E-state index contributed by atoms with van der Waals surface area (Å²) < 4.78 is 11.9. The summed E-state index contributed by atoms with van der Waals surface area (Å²) in [5, 5.41) is 10.3. The third-order valence-electron chi connectivity index (χ3n) is 4.43. The summed E-state index contributed by atoms with van der Waals surface area (Å²) in [5.41, 5.74) is 0. The van der Waals surface area contributed by atoms with Crippen LogP contribution in [0.2, 0.25) is 0 Å². The lowest BCUT2D eigenvalue weighted by atomic mass is 9.88. The standard InChI is InChI=1S/C13H23NO3/c1-4-8-5-9(15)11-12-10(7-14(11)6-8)16-13(2,3)17-12/h8-12,15H,4-7H2,1-3H3/t8-,9+,10+,11+,12+/m0/s1. The lowest BCUT2D eigenvalue weighted by Crippen LogP contribution is -2.52. The summed E-state index contributed by atoms with van der Waals surface area (Å²) in [6.45, 7) is 8.11. The van der Waals surface area contributed by atoms with E-state index >= 15 is 0 Å². The summed E-state index contributed by atoms with van der Waals surface area (Å²) in [7, 11) is 0. The average molecular weight is 241 g/mol. The lowest BCUT2D eigenvalue weighted by molar-refractivity contribution is -0.172. The molecule has 0 aromatic carbocycles. The van der Waals surface area contributed by atoms with Crippen molar-refractivity contribution in [1.82, 2.24) is 4.90 Å². The van der Waals surface area contributed by atoms with E-state index in [2.05, 4.69) is 11.8 Å². The number of nitrogens with zero attached hydrogens (tertiary/aromatic N) is 1. The number of hydrogen-bond acceptors (Lipinski definition) is 4. The predicted molar refractivity (Wildman–Crippen MR) is 63.6 cm³/mol. The highest BCUT2D eigenvalue weighted by atomic mass is 16.8. The van der Waals surface area contributed by atoms with Gasteiger partial charge in [0.25, 0.3) is 0 Å². The smallest absolute Gasteiger partial charge is 0.163 e. The van der Waals surface area contributed by atoms with Gasteiger partial charge in [0.15, 0.2) is 5.79 Å². The van der Waals surface area contributed by atoms with Gasteiger partial charge >= 0.3 is 0 Å². The first kappa shape index (κ1) is 11.9. The molecule has 1 N–H and O–H groups in total. The third kappa shape index (κ3) is 1.91. The van der Waals surface area contributed by atoms with Gasteiger partial charge < -0.3 is 14.6 Å². The molecule has 0 radical (unpaired) electrons. The molecule has 17 heavy (non-hydrogen) atoms. The molecule has 0 aromatic rings. The van der Waals surface area contributed by atoms with Crippen molar-refractivity contribution in [3.05, 3.63) is 0 Å². The summed E-state index contributed by atoms with van der Waals surface area (Å²) in [6.07, 6.45) is 1.98. The van der Waals surface area contributed by atoms with Gasteiger partial charge in [-0.05, 0) is 26.2 Å². The second-order valence-electron chi connectivity index (χ2n) is 6.16. The van der Waals surface area contributed by atoms with Crippen LogP contribution in [0.25, 0.3) is 0 Å². The van der Waals surface area contributed by atoms with E-state index in [0.29, 0.717) is 5.92 Å². The molecule has 3 aliphatic rings. The van der Waals surface area contributed by atoms with Gasteiger partial charge in [0, 0.05) is 13.1 Å². The van der Waals surface area contributed by atoms with Crippen LogP contribution in [-0.4, -0.2) is 53.2 Å². The Labute approximate surface area is 103 Å². The zero-order valence-electron chi connectivity index (χ0n) is 10.9. The van der Waals surface area contributed by atoms with E-state index in [-0.39, 0.29) is 24.4 Å². The zero-order valence-corrected chi connectivity index (χ0v) is 10.9. The van der Waals surface area contributed by atoms with Gasteiger partial charge in [0.2, 0.25) is 0 Å². The molecule has 4 nitrogen and oxygen atoms in total. The van der Waals surface area contributed by atoms with Gasteiger partial charge in [-0.2, -0.15) is 0 Å². The van der Waals surface area contributed by atoms with Gasteiger partial charge in [0.1, 0.15) is 12.2 Å². The Morgan fingerprint density at radius 3 is 2.76 bits per heavy atom. The van der Waals surface area contributed by atoms with Gasteiger partial charge in [-0.15, -0.1) is 0 Å². The van der Waals surface area contributed by atoms with E-state index in [0.717, 1.165) is 25.9 Å². The molecule has 0 bridgehead atoms. The van der Waals surface area contributed by atoms with Crippen molar-refractivity contribution in [2.45, 2.75) is 63.8 Å². The fraction of sp³-hybridized carbons (Fsp3) is 1.00. The maximum absolute atomic E-state index is 10.3. The molecule has 3 heterocycles. The SMILES string of the molecule is CC[C@H]1C[C@@H](O)[C@@H]2[C@@H]3OC(C)(C)O[C@@H]3CN2C1. The number of hydrogen-bond donors (Lipinski definition) is 1. The van der Waals surface area contributed by atoms with Crippen LogP contribution in [0.5, 0.6) is 0 Å². The van der Waals surface area contributed by atoms with Gasteiger partial charge in [-0.25, -0.2) is 0 Å². The average Bonchev–Trinajstić information content (AvgIpc) is 2.68. The minimum atomic E-state index is -0.483. The van der Waals surface area contributed by atoms with Crippen LogP contribution in [0.1, 0.15) is 33.6 Å². The molecule has 5 atom stereocenters. The maximum atomic E-state index is 10.3. The van der Waals surface area contributed by atoms with E-state index in [1.165, 1.54) is 0 Å². The minimum Gasteiger partial charge on any atom is -0.391 e. The number of ether oxygens (including phenoxy) is 2. The van der Waals surface area contributed by atoms with Crippen molar-refractivity contribution in [3.8, 4) is 0 Å². The molecule has 3 aliphatic heterocycles. The largest absolute Gasteiger partial charge is 0.391 e. The fourth-order valence-electron chi connectivity index (χ4n) is 3.70. The fourth-order valence-corrected chi connectivity index (χ4v) is 3.70. The molecule has 3 saturated heterocycles. The minimum absolute atomic E-state index is 0.0535. The van der Waals surface area contributed by atoms with E-state index < -0.39 is 5.79 Å². The number of aliphatic hydroxyl groups excluding tert-OH is 1. The van der Waals surface area contributed by atoms with Crippen LogP contribution in [0, 0.1) is 5.92 Å². The van der Waals surface area contributed by atoms with Crippen molar-refractivity contribution in [3.63, 3.8) is 0 Å². The van der Waals surface area contributed by atoms with Crippen LogP contribution in [-0.2, 0) is 9.47 Å². The van der Waals surface area contributed by atoms with Crippen molar-refractivity contribution >= 4 is 0 Å². The lowest BCUT2D eigenvalue weighted by Gasteiger charge is -2.40. The zero-order chi connectivity index (χ0) is 12.2. The Bertz CT molecular complexity index is 307. The molecular weight excluding hydrogens is 218 g/mol. The molecule has 98 valence electrons. The van der Waals surface area contributed by atoms with Crippen molar-refractivity contribution in [1.29, 1.82) is 0 Å². The Kier molecular flexibility index (Phi) is 2.74. The summed E-state index contributed by atoms with van der Waals surface area (Å²) in [5.74, 6) is 0.135. The Morgan fingerprint density at radius 2 is 2.06 bits per heavy atom. The first-order valence-electron chi connectivity index (χ1n) is 6.78. The maximum Gasteiger partial charge on any atom is 0.163 e. The van der Waals surface area contributed by atoms with Crippen molar-refractivity contribution < 1.29 is 14.6 Å². The van der Waals surface area contributed by atoms with Crippen LogP contribution in [0.4, 0.5) is 0 Å². The normalized spacial score (nSPS) is 49.1. The highest BCUT2D eigenvalue weighted by molar-refractivity contribution is 5.05. The molecular formula is C13H23NO3. The predicted octanol–water partition coefficient (Wildman–Crippen LogP) is 0.981. The van der Waals surface area contributed by atoms with E-state index in [1.807, 2.05) is 13.8 Å². The van der Waals surface area contributed by atoms with Crippen molar-refractivity contribution in [2.24, 2.45) is 5.92 Å². The quantitative estimate of drug-likeness (QED) is 0.743. The first-order valence-corrected chi connectivity index (χ1v) is 6.78. The highest BCUT2D eigenvalue weighted by Crippen LogP contribution is 2.41. The Balaban J connectivity index is 1.76. The van der Waals surface area contributed by atoms with Crippen LogP contribution in [0.15, 0.2) is 0 Å². The van der Waals surface area contributed by atoms with Crippen LogP contribution < -0.4 is 0 Å². The topological polar surface area (TPSA) is 41.9 Å². The molecule has 4 heteroatoms. The number of fused-ring (bicyclic) bond motifs is 3. The summed E-state index contributed by atoms with van der Waals surface area (Å²) in [6, 6.07) is 0.143. The Morgan fingerprint density at radius 1 is 1.29 bits per heavy atom. The number of piperidine rings is 1. The third-order valence-corrected chi connectivity index (χ3v) is 4.43. The molecule has 3 fully saturated rings. The second-order valence-corrected chi connectivity index (χ2v) is 6.16. The number of rotatable bonds is 1. The molecule has 0 aromatic heterocycles. The van der Waals surface area contributed by atoms with Crippen LogP contribution >= 0.6 is 0 Å².